The molecule has 4 heterocycles. The predicted molar refractivity (Wildman–Crippen MR) is 126 cm³/mol. The number of rotatable bonds is 5. The number of aromatic nitrogens is 3. The van der Waals surface area contributed by atoms with Crippen LogP contribution in [-0.4, -0.2) is 46.1 Å². The second-order valence-corrected chi connectivity index (χ2v) is 8.46. The SMILES string of the molecule is COc1cc2c(ccc(=O)n2Cc2ccc(N3CCC(O)C3)cn2)cc1-c1c(C)noc1C. The average Bonchev–Trinajstić information content (AvgIpc) is 3.40. The number of aliphatic hydroxyl groups is 1. The fourth-order valence-electron chi connectivity index (χ4n) is 4.55. The summed E-state index contributed by atoms with van der Waals surface area (Å²) in [4.78, 5) is 19.5. The van der Waals surface area contributed by atoms with E-state index < -0.39 is 0 Å². The molecule has 33 heavy (non-hydrogen) atoms. The molecular formula is C25H26N4O4. The van der Waals surface area contributed by atoms with E-state index >= 15 is 0 Å². The second-order valence-electron chi connectivity index (χ2n) is 8.46. The zero-order valence-corrected chi connectivity index (χ0v) is 18.9. The fraction of sp³-hybridized carbons (Fsp3) is 0.320. The van der Waals surface area contributed by atoms with E-state index in [2.05, 4.69) is 15.0 Å². The number of nitrogens with zero attached hydrogens (tertiary/aromatic N) is 4. The van der Waals surface area contributed by atoms with E-state index in [1.165, 1.54) is 0 Å². The van der Waals surface area contributed by atoms with E-state index in [0.717, 1.165) is 52.1 Å². The molecule has 0 aliphatic carbocycles. The first kappa shape index (κ1) is 21.2. The molecule has 5 rings (SSSR count). The highest BCUT2D eigenvalue weighted by Gasteiger charge is 2.21. The first-order valence-electron chi connectivity index (χ1n) is 11.0. The summed E-state index contributed by atoms with van der Waals surface area (Å²) >= 11 is 0. The Hall–Kier alpha value is -3.65. The summed E-state index contributed by atoms with van der Waals surface area (Å²) in [5.74, 6) is 1.36. The van der Waals surface area contributed by atoms with Crippen LogP contribution in [0, 0.1) is 13.8 Å². The maximum absolute atomic E-state index is 12.8. The van der Waals surface area contributed by atoms with Crippen LogP contribution in [0.3, 0.4) is 0 Å². The number of ether oxygens (including phenoxy) is 1. The molecule has 3 aromatic heterocycles. The zero-order chi connectivity index (χ0) is 23.1. The Balaban J connectivity index is 1.53. The minimum atomic E-state index is -0.288. The molecule has 1 aliphatic heterocycles. The van der Waals surface area contributed by atoms with Crippen molar-refractivity contribution in [2.75, 3.05) is 25.1 Å². The topological polar surface area (TPSA) is 93.6 Å². The van der Waals surface area contributed by atoms with Crippen molar-refractivity contribution in [2.24, 2.45) is 0 Å². The molecule has 1 aliphatic rings. The first-order chi connectivity index (χ1) is 15.9. The van der Waals surface area contributed by atoms with Crippen molar-refractivity contribution < 1.29 is 14.4 Å². The predicted octanol–water partition coefficient (Wildman–Crippen LogP) is 3.30. The Bertz CT molecular complexity index is 1350. The van der Waals surface area contributed by atoms with Crippen LogP contribution < -0.4 is 15.2 Å². The van der Waals surface area contributed by atoms with Crippen LogP contribution in [0.25, 0.3) is 22.0 Å². The Labute approximate surface area is 191 Å². The number of aryl methyl sites for hydroxylation is 2. The first-order valence-corrected chi connectivity index (χ1v) is 11.0. The van der Waals surface area contributed by atoms with Crippen LogP contribution in [0.15, 0.2) is 51.9 Å². The maximum atomic E-state index is 12.8. The van der Waals surface area contributed by atoms with E-state index in [0.29, 0.717) is 24.6 Å². The van der Waals surface area contributed by atoms with Crippen molar-refractivity contribution >= 4 is 16.6 Å². The van der Waals surface area contributed by atoms with Crippen LogP contribution >= 0.6 is 0 Å². The summed E-state index contributed by atoms with van der Waals surface area (Å²) in [6, 6.07) is 11.2. The highest BCUT2D eigenvalue weighted by Crippen LogP contribution is 2.37. The largest absolute Gasteiger partial charge is 0.496 e. The lowest BCUT2D eigenvalue weighted by Crippen LogP contribution is -2.22. The van der Waals surface area contributed by atoms with Gasteiger partial charge in [0.05, 0.1) is 54.1 Å². The van der Waals surface area contributed by atoms with Gasteiger partial charge in [-0.2, -0.15) is 0 Å². The molecule has 1 fully saturated rings. The van der Waals surface area contributed by atoms with E-state index in [9.17, 15) is 9.90 Å². The molecule has 0 bridgehead atoms. The molecule has 0 saturated carbocycles. The van der Waals surface area contributed by atoms with Gasteiger partial charge in [0, 0.05) is 30.8 Å². The molecule has 8 heteroatoms. The molecule has 1 saturated heterocycles. The molecule has 170 valence electrons. The monoisotopic (exact) mass is 446 g/mol. The quantitative estimate of drug-likeness (QED) is 0.503. The number of benzene rings is 1. The van der Waals surface area contributed by atoms with Gasteiger partial charge >= 0.3 is 0 Å². The van der Waals surface area contributed by atoms with Crippen LogP contribution in [0.1, 0.15) is 23.6 Å². The minimum absolute atomic E-state index is 0.108. The molecular weight excluding hydrogens is 420 g/mol. The summed E-state index contributed by atoms with van der Waals surface area (Å²) in [7, 11) is 1.61. The molecule has 0 radical (unpaired) electrons. The number of pyridine rings is 2. The highest BCUT2D eigenvalue weighted by molar-refractivity contribution is 5.89. The van der Waals surface area contributed by atoms with Crippen molar-refractivity contribution in [3.8, 4) is 16.9 Å². The Morgan fingerprint density at radius 3 is 2.70 bits per heavy atom. The second kappa shape index (κ2) is 8.37. The maximum Gasteiger partial charge on any atom is 0.251 e. The smallest absolute Gasteiger partial charge is 0.251 e. The number of fused-ring (bicyclic) bond motifs is 1. The zero-order valence-electron chi connectivity index (χ0n) is 18.9. The Morgan fingerprint density at radius 2 is 2.06 bits per heavy atom. The molecule has 8 nitrogen and oxygen atoms in total. The number of hydrogen-bond acceptors (Lipinski definition) is 7. The lowest BCUT2D eigenvalue weighted by atomic mass is 10.0. The van der Waals surface area contributed by atoms with Crippen molar-refractivity contribution in [1.82, 2.24) is 14.7 Å². The van der Waals surface area contributed by atoms with Gasteiger partial charge in [0.2, 0.25) is 0 Å². The highest BCUT2D eigenvalue weighted by atomic mass is 16.5. The van der Waals surface area contributed by atoms with E-state index in [4.69, 9.17) is 9.26 Å². The van der Waals surface area contributed by atoms with Gasteiger partial charge in [-0.05, 0) is 49.9 Å². The molecule has 1 N–H and O–H groups in total. The third kappa shape index (κ3) is 3.87. The van der Waals surface area contributed by atoms with Crippen molar-refractivity contribution in [3.63, 3.8) is 0 Å². The lowest BCUT2D eigenvalue weighted by molar-refractivity contribution is 0.198. The van der Waals surface area contributed by atoms with Gasteiger partial charge in [0.1, 0.15) is 11.5 Å². The molecule has 1 atom stereocenters. The number of anilines is 1. The number of methoxy groups -OCH3 is 1. The van der Waals surface area contributed by atoms with Gasteiger partial charge in [-0.25, -0.2) is 0 Å². The van der Waals surface area contributed by atoms with Crippen LogP contribution in [0.5, 0.6) is 5.75 Å². The third-order valence-electron chi connectivity index (χ3n) is 6.27. The van der Waals surface area contributed by atoms with Crippen molar-refractivity contribution in [1.29, 1.82) is 0 Å². The van der Waals surface area contributed by atoms with Gasteiger partial charge in [-0.3, -0.25) is 9.78 Å². The summed E-state index contributed by atoms with van der Waals surface area (Å²) in [6.45, 7) is 5.55. The van der Waals surface area contributed by atoms with Crippen LogP contribution in [0.2, 0.25) is 0 Å². The van der Waals surface area contributed by atoms with Crippen molar-refractivity contribution in [3.05, 3.63) is 70.1 Å². The molecule has 0 spiro atoms. The molecule has 1 unspecified atom stereocenters. The third-order valence-corrected chi connectivity index (χ3v) is 6.27. The number of β-amino-alcohol motifs (C(OH)–C–C–N with tert-alkyl or cyclic N) is 1. The molecule has 1 aromatic carbocycles. The Kier molecular flexibility index (Phi) is 5.38. The number of hydrogen-bond donors (Lipinski definition) is 1. The van der Waals surface area contributed by atoms with E-state index in [1.54, 1.807) is 23.9 Å². The number of aliphatic hydroxyl groups excluding tert-OH is 1. The molecule has 4 aromatic rings. The summed E-state index contributed by atoms with van der Waals surface area (Å²) in [6.07, 6.45) is 2.29. The van der Waals surface area contributed by atoms with Gasteiger partial charge < -0.3 is 23.8 Å². The van der Waals surface area contributed by atoms with Crippen LogP contribution in [-0.2, 0) is 6.54 Å². The average molecular weight is 447 g/mol. The molecule has 0 amide bonds. The Morgan fingerprint density at radius 1 is 1.21 bits per heavy atom. The standard InChI is InChI=1S/C25H26N4O4/c1-15-25(16(2)33-27-15)21-10-17-4-7-24(31)29(22(17)11-23(21)32-3)13-18-5-6-19(12-26-18)28-9-8-20(30)14-28/h4-7,10-12,20,30H,8-9,13-14H2,1-3H3. The normalized spacial score (nSPS) is 16.0. The fourth-order valence-corrected chi connectivity index (χ4v) is 4.55. The van der Waals surface area contributed by atoms with Gasteiger partial charge in [0.25, 0.3) is 5.56 Å². The van der Waals surface area contributed by atoms with E-state index in [-0.39, 0.29) is 11.7 Å². The minimum Gasteiger partial charge on any atom is -0.496 e. The van der Waals surface area contributed by atoms with Gasteiger partial charge in [-0.15, -0.1) is 0 Å². The van der Waals surface area contributed by atoms with Crippen molar-refractivity contribution in [2.45, 2.75) is 32.9 Å². The summed E-state index contributed by atoms with van der Waals surface area (Å²) in [5, 5.41) is 14.7. The van der Waals surface area contributed by atoms with Gasteiger partial charge in [0.15, 0.2) is 0 Å². The summed E-state index contributed by atoms with van der Waals surface area (Å²) in [5.41, 5.74) is 4.98. The summed E-state index contributed by atoms with van der Waals surface area (Å²) < 4.78 is 12.7. The van der Waals surface area contributed by atoms with E-state index in [1.807, 2.05) is 44.2 Å². The van der Waals surface area contributed by atoms with Crippen LogP contribution in [0.4, 0.5) is 5.69 Å². The van der Waals surface area contributed by atoms with Gasteiger partial charge in [-0.1, -0.05) is 5.16 Å². The lowest BCUT2D eigenvalue weighted by Gasteiger charge is -2.18.